The third-order valence-corrected chi connectivity index (χ3v) is 6.30. The Bertz CT molecular complexity index is 780. The molecule has 1 N–H and O–H groups in total. The fraction of sp³-hybridized carbons (Fsp3) is 0.667. The van der Waals surface area contributed by atoms with Crippen LogP contribution in [-0.2, 0) is 9.53 Å². The van der Waals surface area contributed by atoms with Gasteiger partial charge in [0.2, 0.25) is 5.91 Å². The number of rotatable bonds is 5. The molecule has 1 saturated carbocycles. The van der Waals surface area contributed by atoms with E-state index in [-0.39, 0.29) is 35.8 Å². The number of carbonyl (C=O) groups is 2. The molecule has 2 amide bonds. The summed E-state index contributed by atoms with van der Waals surface area (Å²) in [6, 6.07) is 5.50. The van der Waals surface area contributed by atoms with Gasteiger partial charge in [0.1, 0.15) is 12.4 Å². The van der Waals surface area contributed by atoms with Gasteiger partial charge in [-0.25, -0.2) is 0 Å². The third kappa shape index (κ3) is 5.98. The highest BCUT2D eigenvalue weighted by Crippen LogP contribution is 2.32. The molecule has 3 atom stereocenters. The van der Waals surface area contributed by atoms with Crippen LogP contribution in [0.4, 0.5) is 5.69 Å². The number of hydrogen-bond acceptors (Lipinski definition) is 5. The summed E-state index contributed by atoms with van der Waals surface area (Å²) in [6.07, 6.45) is 2.89. The van der Waals surface area contributed by atoms with Crippen molar-refractivity contribution in [3.63, 3.8) is 0 Å². The number of nitrogens with one attached hydrogen (secondary N) is 1. The number of benzene rings is 1. The van der Waals surface area contributed by atoms with Crippen LogP contribution in [0.5, 0.6) is 5.75 Å². The topological polar surface area (TPSA) is 71.1 Å². The Morgan fingerprint density at radius 2 is 2.00 bits per heavy atom. The highest BCUT2D eigenvalue weighted by atomic mass is 16.5. The first-order chi connectivity index (χ1) is 14.8. The highest BCUT2D eigenvalue weighted by molar-refractivity contribution is 5.99. The zero-order valence-corrected chi connectivity index (χ0v) is 19.5. The minimum Gasteiger partial charge on any atom is -0.491 e. The minimum absolute atomic E-state index is 0.0379. The van der Waals surface area contributed by atoms with E-state index in [0.717, 1.165) is 32.4 Å². The first kappa shape index (κ1) is 23.5. The lowest BCUT2D eigenvalue weighted by Crippen LogP contribution is -2.46. The standard InChI is InChI=1S/C24H37N3O4/c1-6-11-27-13-16(2)22(30-5)14-26(4)24(29)20-10-9-19(25-23(28)18-7-8-18)12-21(20)31-15-17(27)3/h9-10,12,16-18,22H,6-8,11,13-15H2,1-5H3,(H,25,28)/t16-,17-,22-/m0/s1. The number of nitrogens with zero attached hydrogens (tertiary/aromatic N) is 2. The van der Waals surface area contributed by atoms with Gasteiger partial charge in [-0.15, -0.1) is 0 Å². The fourth-order valence-corrected chi connectivity index (χ4v) is 4.11. The Morgan fingerprint density at radius 3 is 2.65 bits per heavy atom. The van der Waals surface area contributed by atoms with Gasteiger partial charge < -0.3 is 19.7 Å². The number of hydrogen-bond donors (Lipinski definition) is 1. The number of ether oxygens (including phenoxy) is 2. The van der Waals surface area contributed by atoms with E-state index >= 15 is 0 Å². The molecule has 1 heterocycles. The van der Waals surface area contributed by atoms with Crippen molar-refractivity contribution in [3.05, 3.63) is 23.8 Å². The number of amides is 2. The van der Waals surface area contributed by atoms with Crippen LogP contribution in [0.1, 0.15) is 50.4 Å². The Labute approximate surface area is 186 Å². The van der Waals surface area contributed by atoms with E-state index in [0.29, 0.717) is 30.2 Å². The van der Waals surface area contributed by atoms with Crippen molar-refractivity contribution >= 4 is 17.5 Å². The van der Waals surface area contributed by atoms with Gasteiger partial charge in [-0.1, -0.05) is 13.8 Å². The molecule has 0 bridgehead atoms. The molecule has 1 aliphatic heterocycles. The van der Waals surface area contributed by atoms with Crippen LogP contribution in [-0.4, -0.2) is 74.2 Å². The molecule has 3 rings (SSSR count). The summed E-state index contributed by atoms with van der Waals surface area (Å²) < 4.78 is 12.0. The van der Waals surface area contributed by atoms with E-state index in [1.807, 2.05) is 0 Å². The predicted octanol–water partition coefficient (Wildman–Crippen LogP) is 3.25. The maximum Gasteiger partial charge on any atom is 0.257 e. The maximum absolute atomic E-state index is 13.2. The Kier molecular flexibility index (Phi) is 7.94. The maximum atomic E-state index is 13.2. The van der Waals surface area contributed by atoms with Gasteiger partial charge >= 0.3 is 0 Å². The van der Waals surface area contributed by atoms with Gasteiger partial charge in [-0.2, -0.15) is 0 Å². The number of methoxy groups -OCH3 is 1. The number of likely N-dealkylation sites (N-methyl/N-ethyl adjacent to an activating group) is 1. The lowest BCUT2D eigenvalue weighted by atomic mass is 10.0. The molecule has 1 aromatic rings. The second-order valence-corrected chi connectivity index (χ2v) is 9.07. The predicted molar refractivity (Wildman–Crippen MR) is 122 cm³/mol. The van der Waals surface area contributed by atoms with Gasteiger partial charge in [-0.3, -0.25) is 14.5 Å². The van der Waals surface area contributed by atoms with Gasteiger partial charge in [0.15, 0.2) is 0 Å². The largest absolute Gasteiger partial charge is 0.491 e. The van der Waals surface area contributed by atoms with Crippen molar-refractivity contribution in [2.75, 3.05) is 45.7 Å². The van der Waals surface area contributed by atoms with Crippen LogP contribution in [0, 0.1) is 11.8 Å². The quantitative estimate of drug-likeness (QED) is 0.775. The zero-order chi connectivity index (χ0) is 22.5. The summed E-state index contributed by atoms with van der Waals surface area (Å²) in [5.41, 5.74) is 1.17. The molecule has 0 unspecified atom stereocenters. The zero-order valence-electron chi connectivity index (χ0n) is 19.5. The van der Waals surface area contributed by atoms with Crippen molar-refractivity contribution in [2.45, 2.75) is 52.2 Å². The SMILES string of the molecule is CCCN1C[C@H](C)[C@@H](OC)CN(C)C(=O)c2ccc(NC(=O)C3CC3)cc2OC[C@@H]1C. The summed E-state index contributed by atoms with van der Waals surface area (Å²) in [5, 5.41) is 2.95. The molecule has 7 nitrogen and oxygen atoms in total. The molecule has 0 aromatic heterocycles. The molecule has 2 aliphatic rings. The third-order valence-electron chi connectivity index (χ3n) is 6.30. The molecule has 0 saturated heterocycles. The number of anilines is 1. The normalized spacial score (nSPS) is 25.8. The lowest BCUT2D eigenvalue weighted by molar-refractivity contribution is -0.117. The van der Waals surface area contributed by atoms with Crippen LogP contribution >= 0.6 is 0 Å². The summed E-state index contributed by atoms with van der Waals surface area (Å²) in [5.74, 6) is 0.827. The molecule has 7 heteroatoms. The molecule has 172 valence electrons. The van der Waals surface area contributed by atoms with Crippen molar-refractivity contribution < 1.29 is 19.1 Å². The molecule has 0 spiro atoms. The van der Waals surface area contributed by atoms with E-state index in [1.54, 1.807) is 37.3 Å². The second kappa shape index (κ2) is 10.5. The van der Waals surface area contributed by atoms with Crippen LogP contribution in [0.3, 0.4) is 0 Å². The molecular formula is C24H37N3O4. The van der Waals surface area contributed by atoms with Crippen molar-refractivity contribution in [3.8, 4) is 5.75 Å². The Hall–Kier alpha value is -2.12. The molecule has 0 radical (unpaired) electrons. The highest BCUT2D eigenvalue weighted by Gasteiger charge is 2.31. The van der Waals surface area contributed by atoms with Crippen LogP contribution in [0.15, 0.2) is 18.2 Å². The van der Waals surface area contributed by atoms with Crippen molar-refractivity contribution in [1.82, 2.24) is 9.80 Å². The van der Waals surface area contributed by atoms with Gasteiger partial charge in [0.25, 0.3) is 5.91 Å². The number of fused-ring (bicyclic) bond motifs is 1. The summed E-state index contributed by atoms with van der Waals surface area (Å²) >= 11 is 0. The smallest absolute Gasteiger partial charge is 0.257 e. The van der Waals surface area contributed by atoms with Crippen LogP contribution in [0.25, 0.3) is 0 Å². The van der Waals surface area contributed by atoms with Gasteiger partial charge in [0, 0.05) is 51.0 Å². The van der Waals surface area contributed by atoms with E-state index in [9.17, 15) is 9.59 Å². The van der Waals surface area contributed by atoms with Crippen molar-refractivity contribution in [2.24, 2.45) is 11.8 Å². The van der Waals surface area contributed by atoms with E-state index in [2.05, 4.69) is 31.0 Å². The van der Waals surface area contributed by atoms with Crippen LogP contribution in [0.2, 0.25) is 0 Å². The van der Waals surface area contributed by atoms with Crippen molar-refractivity contribution in [1.29, 1.82) is 0 Å². The first-order valence-corrected chi connectivity index (χ1v) is 11.4. The first-order valence-electron chi connectivity index (χ1n) is 11.4. The fourth-order valence-electron chi connectivity index (χ4n) is 4.11. The molecule has 31 heavy (non-hydrogen) atoms. The molecule has 1 fully saturated rings. The number of carbonyl (C=O) groups excluding carboxylic acids is 2. The molecule has 1 aliphatic carbocycles. The van der Waals surface area contributed by atoms with Gasteiger partial charge in [-0.05, 0) is 50.8 Å². The summed E-state index contributed by atoms with van der Waals surface area (Å²) in [6.45, 7) is 9.34. The Balaban J connectivity index is 1.89. The molecule has 1 aromatic carbocycles. The van der Waals surface area contributed by atoms with E-state index < -0.39 is 0 Å². The van der Waals surface area contributed by atoms with E-state index in [4.69, 9.17) is 9.47 Å². The average Bonchev–Trinajstić information content (AvgIpc) is 3.59. The lowest BCUT2D eigenvalue weighted by Gasteiger charge is -2.35. The monoisotopic (exact) mass is 431 g/mol. The summed E-state index contributed by atoms with van der Waals surface area (Å²) in [4.78, 5) is 29.5. The van der Waals surface area contributed by atoms with Gasteiger partial charge in [0.05, 0.1) is 11.7 Å². The minimum atomic E-state index is -0.108. The van der Waals surface area contributed by atoms with E-state index in [1.165, 1.54) is 0 Å². The Morgan fingerprint density at radius 1 is 1.26 bits per heavy atom. The molecular weight excluding hydrogens is 394 g/mol. The summed E-state index contributed by atoms with van der Waals surface area (Å²) in [7, 11) is 3.51. The second-order valence-electron chi connectivity index (χ2n) is 9.07. The average molecular weight is 432 g/mol. The van der Waals surface area contributed by atoms with Crippen LogP contribution < -0.4 is 10.1 Å².